The lowest BCUT2D eigenvalue weighted by molar-refractivity contribution is 0.0866. The summed E-state index contributed by atoms with van der Waals surface area (Å²) in [5.41, 5.74) is 2.72. The quantitative estimate of drug-likeness (QED) is 0.818. The van der Waals surface area contributed by atoms with Crippen molar-refractivity contribution in [3.8, 4) is 0 Å². The number of benzene rings is 1. The Bertz CT molecular complexity index is 643. The summed E-state index contributed by atoms with van der Waals surface area (Å²) >= 11 is 0. The summed E-state index contributed by atoms with van der Waals surface area (Å²) in [7, 11) is 0. The fraction of sp³-hybridized carbons (Fsp3) is 0.450. The van der Waals surface area contributed by atoms with Gasteiger partial charge in [-0.3, -0.25) is 0 Å². The molecule has 3 atom stereocenters. The summed E-state index contributed by atoms with van der Waals surface area (Å²) in [6.45, 7) is 2.16. The third kappa shape index (κ3) is 2.69. The highest BCUT2D eigenvalue weighted by Gasteiger charge is 2.39. The van der Waals surface area contributed by atoms with Crippen molar-refractivity contribution in [1.82, 2.24) is 4.90 Å². The predicted octanol–water partition coefficient (Wildman–Crippen LogP) is 4.23. The van der Waals surface area contributed by atoms with E-state index >= 15 is 0 Å². The van der Waals surface area contributed by atoms with Gasteiger partial charge in [-0.25, -0.2) is 4.79 Å². The number of ether oxygens (including phenoxy) is 1. The van der Waals surface area contributed by atoms with Gasteiger partial charge in [0.25, 0.3) is 0 Å². The zero-order valence-corrected chi connectivity index (χ0v) is 13.4. The SMILES string of the molecule is O=C(OCC1c2ccccc2C2C=CC=CC21)N1CCCCC1. The normalized spacial score (nSPS) is 28.3. The fourth-order valence-corrected chi connectivity index (χ4v) is 4.21. The zero-order valence-electron chi connectivity index (χ0n) is 13.4. The van der Waals surface area contributed by atoms with Crippen molar-refractivity contribution in [1.29, 1.82) is 0 Å². The molecule has 1 amide bonds. The highest BCUT2D eigenvalue weighted by atomic mass is 16.6. The van der Waals surface area contributed by atoms with Crippen molar-refractivity contribution in [3.63, 3.8) is 0 Å². The third-order valence-corrected chi connectivity index (χ3v) is 5.40. The Morgan fingerprint density at radius 1 is 1.04 bits per heavy atom. The molecule has 1 fully saturated rings. The largest absolute Gasteiger partial charge is 0.449 e. The first kappa shape index (κ1) is 14.6. The molecular formula is C20H23NO2. The lowest BCUT2D eigenvalue weighted by Gasteiger charge is -2.27. The number of piperidine rings is 1. The Balaban J connectivity index is 1.48. The molecule has 1 heterocycles. The summed E-state index contributed by atoms with van der Waals surface area (Å²) < 4.78 is 5.70. The number of likely N-dealkylation sites (tertiary alicyclic amines) is 1. The number of carbonyl (C=O) groups excluding carboxylic acids is 1. The van der Waals surface area contributed by atoms with Gasteiger partial charge < -0.3 is 9.64 Å². The second-order valence-corrected chi connectivity index (χ2v) is 6.73. The number of allylic oxidation sites excluding steroid dienone is 4. The molecule has 0 aromatic heterocycles. The Kier molecular flexibility index (Phi) is 3.94. The number of amides is 1. The van der Waals surface area contributed by atoms with E-state index < -0.39 is 0 Å². The summed E-state index contributed by atoms with van der Waals surface area (Å²) in [5, 5.41) is 0. The van der Waals surface area contributed by atoms with Crippen molar-refractivity contribution in [2.45, 2.75) is 31.1 Å². The minimum absolute atomic E-state index is 0.138. The van der Waals surface area contributed by atoms with Gasteiger partial charge in [0.1, 0.15) is 6.61 Å². The summed E-state index contributed by atoms with van der Waals surface area (Å²) in [4.78, 5) is 14.2. The molecule has 0 radical (unpaired) electrons. The smallest absolute Gasteiger partial charge is 0.409 e. The minimum atomic E-state index is -0.138. The lowest BCUT2D eigenvalue weighted by atomic mass is 9.84. The van der Waals surface area contributed by atoms with E-state index in [1.807, 2.05) is 4.90 Å². The average molecular weight is 309 g/mol. The minimum Gasteiger partial charge on any atom is -0.449 e. The number of fused-ring (bicyclic) bond motifs is 3. The van der Waals surface area contributed by atoms with Crippen molar-refractivity contribution in [2.24, 2.45) is 5.92 Å². The Morgan fingerprint density at radius 3 is 2.61 bits per heavy atom. The molecule has 3 unspecified atom stereocenters. The zero-order chi connectivity index (χ0) is 15.6. The number of hydrogen-bond acceptors (Lipinski definition) is 2. The molecule has 2 aliphatic carbocycles. The molecular weight excluding hydrogens is 286 g/mol. The molecule has 1 aromatic carbocycles. The fourth-order valence-electron chi connectivity index (χ4n) is 4.21. The van der Waals surface area contributed by atoms with Gasteiger partial charge in [-0.05, 0) is 36.3 Å². The van der Waals surface area contributed by atoms with Crippen molar-refractivity contribution < 1.29 is 9.53 Å². The second kappa shape index (κ2) is 6.23. The highest BCUT2D eigenvalue weighted by molar-refractivity contribution is 5.67. The van der Waals surface area contributed by atoms with Gasteiger partial charge in [-0.15, -0.1) is 0 Å². The van der Waals surface area contributed by atoms with Gasteiger partial charge in [-0.1, -0.05) is 48.6 Å². The van der Waals surface area contributed by atoms with Crippen molar-refractivity contribution in [3.05, 3.63) is 59.7 Å². The van der Waals surface area contributed by atoms with Gasteiger partial charge in [0, 0.05) is 24.9 Å². The van der Waals surface area contributed by atoms with Crippen LogP contribution in [-0.4, -0.2) is 30.7 Å². The van der Waals surface area contributed by atoms with Crippen LogP contribution in [0.1, 0.15) is 42.2 Å². The summed E-state index contributed by atoms with van der Waals surface area (Å²) in [6.07, 6.45) is 12.1. The number of nitrogens with zero attached hydrogens (tertiary/aromatic N) is 1. The monoisotopic (exact) mass is 309 g/mol. The van der Waals surface area contributed by atoms with E-state index in [4.69, 9.17) is 4.74 Å². The molecule has 3 aliphatic rings. The summed E-state index contributed by atoms with van der Waals surface area (Å²) in [5.74, 6) is 1.10. The third-order valence-electron chi connectivity index (χ3n) is 5.40. The lowest BCUT2D eigenvalue weighted by Crippen LogP contribution is -2.36. The molecule has 4 rings (SSSR count). The molecule has 1 saturated heterocycles. The maximum absolute atomic E-state index is 12.3. The number of hydrogen-bond donors (Lipinski definition) is 0. The van der Waals surface area contributed by atoms with E-state index in [1.54, 1.807) is 0 Å². The average Bonchev–Trinajstić information content (AvgIpc) is 2.94. The van der Waals surface area contributed by atoms with Crippen LogP contribution in [0.15, 0.2) is 48.6 Å². The molecule has 1 aliphatic heterocycles. The predicted molar refractivity (Wildman–Crippen MR) is 90.5 cm³/mol. The van der Waals surface area contributed by atoms with Crippen LogP contribution in [0.2, 0.25) is 0 Å². The van der Waals surface area contributed by atoms with Crippen LogP contribution in [0.3, 0.4) is 0 Å². The molecule has 3 heteroatoms. The summed E-state index contributed by atoms with van der Waals surface area (Å²) in [6, 6.07) is 8.59. The van der Waals surface area contributed by atoms with Crippen LogP contribution >= 0.6 is 0 Å². The first-order chi connectivity index (χ1) is 11.3. The molecule has 23 heavy (non-hydrogen) atoms. The van der Waals surface area contributed by atoms with Crippen molar-refractivity contribution >= 4 is 6.09 Å². The van der Waals surface area contributed by atoms with E-state index in [-0.39, 0.29) is 12.0 Å². The highest BCUT2D eigenvalue weighted by Crippen LogP contribution is 2.49. The van der Waals surface area contributed by atoms with E-state index in [0.717, 1.165) is 25.9 Å². The maximum Gasteiger partial charge on any atom is 0.409 e. The van der Waals surface area contributed by atoms with Gasteiger partial charge in [-0.2, -0.15) is 0 Å². The molecule has 0 spiro atoms. The van der Waals surface area contributed by atoms with E-state index in [9.17, 15) is 4.79 Å². The van der Waals surface area contributed by atoms with Crippen LogP contribution in [0, 0.1) is 5.92 Å². The molecule has 120 valence electrons. The first-order valence-electron chi connectivity index (χ1n) is 8.70. The van der Waals surface area contributed by atoms with Gasteiger partial charge in [0.05, 0.1) is 0 Å². The Labute approximate surface area is 137 Å². The number of rotatable bonds is 2. The molecule has 0 bridgehead atoms. The van der Waals surface area contributed by atoms with Crippen LogP contribution in [0.5, 0.6) is 0 Å². The standard InChI is InChI=1S/C20H23NO2/c22-20(21-12-6-1-7-13-21)23-14-19-17-10-4-2-8-15(17)16-9-3-5-11-18(16)19/h2-5,8-11,15,17,19H,1,6-7,12-14H2. The van der Waals surface area contributed by atoms with Crippen LogP contribution < -0.4 is 0 Å². The van der Waals surface area contributed by atoms with E-state index in [0.29, 0.717) is 18.4 Å². The Hall–Kier alpha value is -2.03. The van der Waals surface area contributed by atoms with E-state index in [2.05, 4.69) is 48.6 Å². The molecule has 0 N–H and O–H groups in total. The first-order valence-corrected chi connectivity index (χ1v) is 8.70. The maximum atomic E-state index is 12.3. The van der Waals surface area contributed by atoms with Crippen molar-refractivity contribution in [2.75, 3.05) is 19.7 Å². The van der Waals surface area contributed by atoms with Gasteiger partial charge >= 0.3 is 6.09 Å². The van der Waals surface area contributed by atoms with Crippen LogP contribution in [0.4, 0.5) is 4.79 Å². The molecule has 3 nitrogen and oxygen atoms in total. The van der Waals surface area contributed by atoms with Crippen LogP contribution in [0.25, 0.3) is 0 Å². The Morgan fingerprint density at radius 2 is 1.78 bits per heavy atom. The molecule has 1 aromatic rings. The molecule has 0 saturated carbocycles. The van der Waals surface area contributed by atoms with Gasteiger partial charge in [0.15, 0.2) is 0 Å². The van der Waals surface area contributed by atoms with E-state index in [1.165, 1.54) is 17.5 Å². The second-order valence-electron chi connectivity index (χ2n) is 6.73. The van der Waals surface area contributed by atoms with Gasteiger partial charge in [0.2, 0.25) is 0 Å². The van der Waals surface area contributed by atoms with Crippen LogP contribution in [-0.2, 0) is 4.74 Å². The topological polar surface area (TPSA) is 29.5 Å². The number of carbonyl (C=O) groups is 1.